The summed E-state index contributed by atoms with van der Waals surface area (Å²) >= 11 is 1.64. The molecule has 2 heterocycles. The zero-order valence-corrected chi connectivity index (χ0v) is 15.0. The molecule has 6 heteroatoms. The molecule has 1 aromatic heterocycles. The van der Waals surface area contributed by atoms with Crippen molar-refractivity contribution < 1.29 is 9.50 Å². The van der Waals surface area contributed by atoms with Crippen LogP contribution in [0.5, 0.6) is 0 Å². The fraction of sp³-hybridized carbons (Fsp3) is 0.500. The first-order valence-electron chi connectivity index (χ1n) is 8.45. The number of hydrogen-bond acceptors (Lipinski definition) is 5. The van der Waals surface area contributed by atoms with Crippen molar-refractivity contribution in [1.29, 1.82) is 0 Å². The van der Waals surface area contributed by atoms with Gasteiger partial charge in [0.05, 0.1) is 11.8 Å². The predicted octanol–water partition coefficient (Wildman–Crippen LogP) is 3.23. The predicted molar refractivity (Wildman–Crippen MR) is 97.1 cm³/mol. The lowest BCUT2D eigenvalue weighted by Crippen LogP contribution is -2.54. The number of aliphatic hydroxyl groups is 1. The van der Waals surface area contributed by atoms with E-state index < -0.39 is 0 Å². The zero-order valence-electron chi connectivity index (χ0n) is 14.2. The van der Waals surface area contributed by atoms with Crippen molar-refractivity contribution in [3.05, 3.63) is 35.5 Å². The van der Waals surface area contributed by atoms with Crippen LogP contribution in [0.4, 0.5) is 9.52 Å². The van der Waals surface area contributed by atoms with Gasteiger partial charge in [0, 0.05) is 43.2 Å². The van der Waals surface area contributed by atoms with Crippen LogP contribution >= 0.6 is 11.3 Å². The molecule has 1 aromatic carbocycles. The highest BCUT2D eigenvalue weighted by Gasteiger charge is 2.27. The van der Waals surface area contributed by atoms with Crippen LogP contribution in [-0.2, 0) is 0 Å². The summed E-state index contributed by atoms with van der Waals surface area (Å²) in [5.41, 5.74) is 1.84. The number of piperazine rings is 1. The van der Waals surface area contributed by atoms with E-state index in [9.17, 15) is 9.50 Å². The second-order valence-corrected chi connectivity index (χ2v) is 7.21. The molecule has 1 N–H and O–H groups in total. The van der Waals surface area contributed by atoms with Crippen molar-refractivity contribution in [3.63, 3.8) is 0 Å². The van der Waals surface area contributed by atoms with Gasteiger partial charge in [-0.05, 0) is 37.6 Å². The highest BCUT2D eigenvalue weighted by Crippen LogP contribution is 2.29. The van der Waals surface area contributed by atoms with Crippen LogP contribution in [0.3, 0.4) is 0 Å². The van der Waals surface area contributed by atoms with E-state index in [1.807, 2.05) is 12.3 Å². The Balaban J connectivity index is 1.70. The molecule has 1 saturated heterocycles. The number of nitrogens with zero attached hydrogens (tertiary/aromatic N) is 3. The first kappa shape index (κ1) is 17.3. The summed E-state index contributed by atoms with van der Waals surface area (Å²) < 4.78 is 13.1. The molecule has 3 rings (SSSR count). The van der Waals surface area contributed by atoms with Gasteiger partial charge in [-0.15, -0.1) is 11.3 Å². The average molecular weight is 349 g/mol. The minimum atomic E-state index is -0.296. The van der Waals surface area contributed by atoms with Gasteiger partial charge in [0.15, 0.2) is 5.13 Å². The van der Waals surface area contributed by atoms with E-state index in [0.29, 0.717) is 6.04 Å². The maximum absolute atomic E-state index is 13.1. The number of aromatic nitrogens is 1. The Hall–Kier alpha value is -1.50. The zero-order chi connectivity index (χ0) is 17.1. The van der Waals surface area contributed by atoms with Crippen LogP contribution in [0.1, 0.15) is 20.3 Å². The fourth-order valence-electron chi connectivity index (χ4n) is 3.20. The standard InChI is InChI=1S/C18H24FN3OS/c1-3-16-11-22(9-8-21(16)10-13(2)23)18-20-17(12-24-18)14-4-6-15(19)7-5-14/h4-7,12-13,16,23H,3,8-11H2,1-2H3. The smallest absolute Gasteiger partial charge is 0.185 e. The van der Waals surface area contributed by atoms with Crippen LogP contribution in [-0.4, -0.2) is 53.3 Å². The normalized spacial score (nSPS) is 20.3. The molecule has 0 spiro atoms. The number of β-amino-alcohol motifs (C(OH)–C–C–N with tert-alkyl or cyclic N) is 1. The fourth-order valence-corrected chi connectivity index (χ4v) is 4.07. The number of thiazole rings is 1. The number of hydrogen-bond donors (Lipinski definition) is 1. The molecule has 2 aromatic rings. The Kier molecular flexibility index (Phi) is 5.48. The third-order valence-electron chi connectivity index (χ3n) is 4.48. The van der Waals surface area contributed by atoms with Gasteiger partial charge in [0.25, 0.3) is 0 Å². The summed E-state index contributed by atoms with van der Waals surface area (Å²) in [6.07, 6.45) is 0.759. The molecular formula is C18H24FN3OS. The van der Waals surface area contributed by atoms with E-state index in [-0.39, 0.29) is 11.9 Å². The maximum Gasteiger partial charge on any atom is 0.185 e. The van der Waals surface area contributed by atoms with Gasteiger partial charge in [-0.3, -0.25) is 4.90 Å². The van der Waals surface area contributed by atoms with Gasteiger partial charge in [0.2, 0.25) is 0 Å². The highest BCUT2D eigenvalue weighted by molar-refractivity contribution is 7.14. The summed E-state index contributed by atoms with van der Waals surface area (Å²) in [5, 5.41) is 12.7. The maximum atomic E-state index is 13.1. The summed E-state index contributed by atoms with van der Waals surface area (Å²) in [6.45, 7) is 7.54. The Labute approximate surface area is 146 Å². The van der Waals surface area contributed by atoms with E-state index in [2.05, 4.69) is 16.7 Å². The van der Waals surface area contributed by atoms with Gasteiger partial charge in [-0.2, -0.15) is 0 Å². The van der Waals surface area contributed by atoms with Gasteiger partial charge in [0.1, 0.15) is 5.82 Å². The lowest BCUT2D eigenvalue weighted by atomic mass is 10.1. The molecule has 0 aliphatic carbocycles. The Morgan fingerprint density at radius 3 is 2.75 bits per heavy atom. The molecule has 1 aliphatic rings. The van der Waals surface area contributed by atoms with Crippen molar-refractivity contribution in [2.75, 3.05) is 31.1 Å². The molecule has 0 amide bonds. The molecule has 130 valence electrons. The Morgan fingerprint density at radius 1 is 1.33 bits per heavy atom. The van der Waals surface area contributed by atoms with Gasteiger partial charge in [-0.1, -0.05) is 6.92 Å². The lowest BCUT2D eigenvalue weighted by Gasteiger charge is -2.41. The number of aliphatic hydroxyl groups excluding tert-OH is 1. The minimum absolute atomic E-state index is 0.228. The number of anilines is 1. The molecule has 24 heavy (non-hydrogen) atoms. The largest absolute Gasteiger partial charge is 0.392 e. The third-order valence-corrected chi connectivity index (χ3v) is 5.38. The second-order valence-electron chi connectivity index (χ2n) is 6.37. The van der Waals surface area contributed by atoms with Crippen molar-refractivity contribution in [2.24, 2.45) is 0 Å². The minimum Gasteiger partial charge on any atom is -0.392 e. The molecule has 2 atom stereocenters. The number of benzene rings is 1. The van der Waals surface area contributed by atoms with E-state index in [0.717, 1.165) is 49.0 Å². The van der Waals surface area contributed by atoms with Gasteiger partial charge < -0.3 is 10.0 Å². The molecule has 0 radical (unpaired) electrons. The topological polar surface area (TPSA) is 39.6 Å². The van der Waals surface area contributed by atoms with E-state index in [1.165, 1.54) is 12.1 Å². The molecule has 0 bridgehead atoms. The first-order valence-corrected chi connectivity index (χ1v) is 9.33. The summed E-state index contributed by atoms with van der Waals surface area (Å²) in [7, 11) is 0. The van der Waals surface area contributed by atoms with Gasteiger partial charge >= 0.3 is 0 Å². The van der Waals surface area contributed by atoms with E-state index in [4.69, 9.17) is 4.98 Å². The second kappa shape index (κ2) is 7.59. The SMILES string of the molecule is CCC1CN(c2nc(-c3ccc(F)cc3)cs2)CCN1CC(C)O. The van der Waals surface area contributed by atoms with Crippen molar-refractivity contribution in [1.82, 2.24) is 9.88 Å². The molecule has 1 fully saturated rings. The first-order chi connectivity index (χ1) is 11.6. The van der Waals surface area contributed by atoms with Crippen LogP contribution in [0.15, 0.2) is 29.6 Å². The van der Waals surface area contributed by atoms with E-state index in [1.54, 1.807) is 23.5 Å². The summed E-state index contributed by atoms with van der Waals surface area (Å²) in [4.78, 5) is 9.44. The van der Waals surface area contributed by atoms with E-state index >= 15 is 0 Å². The van der Waals surface area contributed by atoms with Crippen LogP contribution in [0.2, 0.25) is 0 Å². The Morgan fingerprint density at radius 2 is 2.08 bits per heavy atom. The van der Waals surface area contributed by atoms with Crippen LogP contribution < -0.4 is 4.90 Å². The number of halogens is 1. The number of rotatable bonds is 5. The average Bonchev–Trinajstić information content (AvgIpc) is 3.05. The highest BCUT2D eigenvalue weighted by atomic mass is 32.1. The quantitative estimate of drug-likeness (QED) is 0.900. The monoisotopic (exact) mass is 349 g/mol. The Bertz CT molecular complexity index is 659. The van der Waals surface area contributed by atoms with Crippen LogP contribution in [0.25, 0.3) is 11.3 Å². The van der Waals surface area contributed by atoms with Crippen molar-refractivity contribution in [2.45, 2.75) is 32.4 Å². The molecule has 1 aliphatic heterocycles. The molecular weight excluding hydrogens is 325 g/mol. The van der Waals surface area contributed by atoms with Crippen molar-refractivity contribution >= 4 is 16.5 Å². The lowest BCUT2D eigenvalue weighted by molar-refractivity contribution is 0.0886. The van der Waals surface area contributed by atoms with Crippen molar-refractivity contribution in [3.8, 4) is 11.3 Å². The third kappa shape index (κ3) is 3.94. The summed E-state index contributed by atoms with van der Waals surface area (Å²) in [5.74, 6) is -0.228. The van der Waals surface area contributed by atoms with Crippen LogP contribution in [0, 0.1) is 5.82 Å². The molecule has 0 saturated carbocycles. The summed E-state index contributed by atoms with van der Waals surface area (Å²) in [6, 6.07) is 6.91. The van der Waals surface area contributed by atoms with Gasteiger partial charge in [-0.25, -0.2) is 9.37 Å². The molecule has 2 unspecified atom stereocenters. The molecule has 4 nitrogen and oxygen atoms in total.